The van der Waals surface area contributed by atoms with Crippen LogP contribution in [-0.4, -0.2) is 54.1 Å². The number of hydrogen-bond acceptors (Lipinski definition) is 8. The summed E-state index contributed by atoms with van der Waals surface area (Å²) in [6, 6.07) is 12.2. The lowest BCUT2D eigenvalue weighted by atomic mass is 9.99. The molecule has 0 saturated carbocycles. The van der Waals surface area contributed by atoms with Gasteiger partial charge >= 0.3 is 5.97 Å². The Morgan fingerprint density at radius 3 is 2.48 bits per heavy atom. The average molecular weight is 422 g/mol. The van der Waals surface area contributed by atoms with Crippen LogP contribution in [0.15, 0.2) is 51.7 Å². The lowest BCUT2D eigenvalue weighted by molar-refractivity contribution is 0.0524. The van der Waals surface area contributed by atoms with E-state index in [0.29, 0.717) is 46.3 Å². The van der Waals surface area contributed by atoms with Crippen LogP contribution in [0.25, 0.3) is 33.3 Å². The molecule has 1 aliphatic heterocycles. The number of benzene rings is 3. The summed E-state index contributed by atoms with van der Waals surface area (Å²) in [6.07, 6.45) is 0. The van der Waals surface area contributed by atoms with E-state index in [1.807, 2.05) is 6.07 Å². The number of hydrogen-bond donors (Lipinski definition) is 2. The molecule has 2 aromatic carbocycles. The molecule has 0 aromatic heterocycles. The second-order valence-electron chi connectivity index (χ2n) is 6.95. The Labute approximate surface area is 177 Å². The van der Waals surface area contributed by atoms with Crippen LogP contribution in [0.2, 0.25) is 0 Å². The third kappa shape index (κ3) is 3.71. The Morgan fingerprint density at radius 2 is 1.81 bits per heavy atom. The van der Waals surface area contributed by atoms with Crippen LogP contribution in [0.1, 0.15) is 17.3 Å². The molecule has 8 heteroatoms. The third-order valence-electron chi connectivity index (χ3n) is 5.07. The van der Waals surface area contributed by atoms with Gasteiger partial charge in [0.05, 0.1) is 19.8 Å². The van der Waals surface area contributed by atoms with E-state index >= 15 is 0 Å². The van der Waals surface area contributed by atoms with Gasteiger partial charge in [0.15, 0.2) is 16.9 Å². The van der Waals surface area contributed by atoms with Crippen LogP contribution in [0.3, 0.4) is 0 Å². The molecule has 31 heavy (non-hydrogen) atoms. The van der Waals surface area contributed by atoms with Crippen molar-refractivity contribution in [1.29, 1.82) is 0 Å². The molecule has 8 nitrogen and oxygen atoms in total. The number of aliphatic hydroxyl groups is 2. The molecular weight excluding hydrogens is 400 g/mol. The molecule has 0 amide bonds. The molecule has 1 heterocycles. The maximum Gasteiger partial charge on any atom is 0.346 e. The molecule has 0 fully saturated rings. The topological polar surface area (TPSA) is 113 Å². The Kier molecular flexibility index (Phi) is 5.83. The Bertz CT molecular complexity index is 1280. The number of rotatable bonds is 7. The highest BCUT2D eigenvalue weighted by molar-refractivity contribution is 6.06. The SMILES string of the molecule is CCOC(=O)c1c2oc3cc(N(CCO)CCO)ccc3nc-2c2ccccc2c1=O. The zero-order valence-corrected chi connectivity index (χ0v) is 17.0. The molecular formula is C23H22N2O6. The zero-order valence-electron chi connectivity index (χ0n) is 17.0. The van der Waals surface area contributed by atoms with Crippen molar-refractivity contribution in [3.8, 4) is 11.5 Å². The summed E-state index contributed by atoms with van der Waals surface area (Å²) in [6.45, 7) is 2.29. The smallest absolute Gasteiger partial charge is 0.346 e. The van der Waals surface area contributed by atoms with Gasteiger partial charge < -0.3 is 24.3 Å². The summed E-state index contributed by atoms with van der Waals surface area (Å²) in [5, 5.41) is 19.6. The van der Waals surface area contributed by atoms with Gasteiger partial charge in [-0.15, -0.1) is 0 Å². The van der Waals surface area contributed by atoms with Gasteiger partial charge in [0, 0.05) is 35.6 Å². The molecule has 0 saturated heterocycles. The summed E-state index contributed by atoms with van der Waals surface area (Å²) in [7, 11) is 0. The Balaban J connectivity index is 2.02. The predicted molar refractivity (Wildman–Crippen MR) is 117 cm³/mol. The first kappa shape index (κ1) is 20.8. The summed E-state index contributed by atoms with van der Waals surface area (Å²) < 4.78 is 11.2. The second kappa shape index (κ2) is 8.71. The van der Waals surface area contributed by atoms with Crippen LogP contribution in [0, 0.1) is 0 Å². The Hall–Kier alpha value is -3.49. The van der Waals surface area contributed by atoms with Gasteiger partial charge in [-0.1, -0.05) is 24.3 Å². The lowest BCUT2D eigenvalue weighted by Crippen LogP contribution is -2.29. The number of aliphatic hydroxyl groups excluding tert-OH is 2. The number of nitrogens with zero attached hydrogens (tertiary/aromatic N) is 2. The van der Waals surface area contributed by atoms with E-state index < -0.39 is 11.4 Å². The van der Waals surface area contributed by atoms with Crippen molar-refractivity contribution in [3.05, 3.63) is 58.3 Å². The fourth-order valence-electron chi connectivity index (χ4n) is 3.68. The van der Waals surface area contributed by atoms with Gasteiger partial charge in [-0.2, -0.15) is 0 Å². The standard InChI is InChI=1S/C23H22N2O6/c1-2-30-23(29)19-21(28)16-6-4-3-5-15(16)20-22(19)31-18-13-14(7-8-17(18)24-20)25(9-11-26)10-12-27/h3-8,13,26-27H,2,9-12H2,1H3. The predicted octanol–water partition coefficient (Wildman–Crippen LogP) is 2.41. The minimum Gasteiger partial charge on any atom is -0.462 e. The van der Waals surface area contributed by atoms with Crippen molar-refractivity contribution in [1.82, 2.24) is 4.98 Å². The molecule has 1 aliphatic carbocycles. The van der Waals surface area contributed by atoms with Crippen molar-refractivity contribution < 1.29 is 24.2 Å². The van der Waals surface area contributed by atoms with Gasteiger partial charge in [0.1, 0.15) is 11.2 Å². The molecule has 2 aliphatic rings. The van der Waals surface area contributed by atoms with Gasteiger partial charge in [0.2, 0.25) is 5.43 Å². The summed E-state index contributed by atoms with van der Waals surface area (Å²) in [5.41, 5.74) is 1.37. The average Bonchev–Trinajstić information content (AvgIpc) is 2.78. The van der Waals surface area contributed by atoms with Crippen molar-refractivity contribution in [3.63, 3.8) is 0 Å². The maximum atomic E-state index is 13.1. The van der Waals surface area contributed by atoms with E-state index in [2.05, 4.69) is 4.98 Å². The summed E-state index contributed by atoms with van der Waals surface area (Å²) >= 11 is 0. The van der Waals surface area contributed by atoms with Crippen LogP contribution < -0.4 is 10.3 Å². The van der Waals surface area contributed by atoms with Crippen LogP contribution >= 0.6 is 0 Å². The number of fused-ring (bicyclic) bond motifs is 4. The molecule has 2 N–H and O–H groups in total. The van der Waals surface area contributed by atoms with E-state index in [1.54, 1.807) is 48.2 Å². The number of carbonyl (C=O) groups excluding carboxylic acids is 1. The van der Waals surface area contributed by atoms with Crippen molar-refractivity contribution in [2.45, 2.75) is 6.92 Å². The van der Waals surface area contributed by atoms with E-state index in [0.717, 1.165) is 0 Å². The highest BCUT2D eigenvalue weighted by Crippen LogP contribution is 2.34. The van der Waals surface area contributed by atoms with E-state index in [9.17, 15) is 19.8 Å². The van der Waals surface area contributed by atoms with Crippen LogP contribution in [-0.2, 0) is 4.74 Å². The largest absolute Gasteiger partial charge is 0.462 e. The highest BCUT2D eigenvalue weighted by atomic mass is 16.5. The minimum atomic E-state index is -0.758. The number of anilines is 1. The maximum absolute atomic E-state index is 13.1. The molecule has 0 spiro atoms. The fraction of sp³-hybridized carbons (Fsp3) is 0.261. The quantitative estimate of drug-likeness (QED) is 0.265. The van der Waals surface area contributed by atoms with E-state index in [4.69, 9.17) is 9.15 Å². The monoisotopic (exact) mass is 422 g/mol. The van der Waals surface area contributed by atoms with Gasteiger partial charge in [-0.05, 0) is 19.1 Å². The minimum absolute atomic E-state index is 0.0719. The number of ether oxygens (including phenoxy) is 1. The van der Waals surface area contributed by atoms with Crippen LogP contribution in [0.5, 0.6) is 0 Å². The molecule has 160 valence electrons. The van der Waals surface area contributed by atoms with Crippen molar-refractivity contribution >= 4 is 33.5 Å². The number of carbonyl (C=O) groups is 1. The van der Waals surface area contributed by atoms with E-state index in [-0.39, 0.29) is 31.1 Å². The second-order valence-corrected chi connectivity index (χ2v) is 6.95. The zero-order chi connectivity index (χ0) is 22.0. The lowest BCUT2D eigenvalue weighted by Gasteiger charge is -2.23. The van der Waals surface area contributed by atoms with Gasteiger partial charge in [-0.3, -0.25) is 4.79 Å². The van der Waals surface area contributed by atoms with Crippen molar-refractivity contribution in [2.75, 3.05) is 37.8 Å². The van der Waals surface area contributed by atoms with Crippen molar-refractivity contribution in [2.24, 2.45) is 0 Å². The van der Waals surface area contributed by atoms with Gasteiger partial charge in [-0.25, -0.2) is 9.78 Å². The van der Waals surface area contributed by atoms with Crippen LogP contribution in [0.4, 0.5) is 5.69 Å². The summed E-state index contributed by atoms with van der Waals surface area (Å²) in [5.74, 6) is -0.686. The third-order valence-corrected chi connectivity index (χ3v) is 5.07. The number of esters is 1. The molecule has 0 unspecified atom stereocenters. The first-order chi connectivity index (χ1) is 15.1. The molecule has 0 atom stereocenters. The molecule has 4 rings (SSSR count). The molecule has 2 aromatic rings. The van der Waals surface area contributed by atoms with Gasteiger partial charge in [0.25, 0.3) is 0 Å². The fourth-order valence-corrected chi connectivity index (χ4v) is 3.68. The normalized spacial score (nSPS) is 11.3. The first-order valence-corrected chi connectivity index (χ1v) is 10.0. The number of aromatic nitrogens is 1. The van der Waals surface area contributed by atoms with E-state index in [1.165, 1.54) is 0 Å². The first-order valence-electron chi connectivity index (χ1n) is 10.0. The summed E-state index contributed by atoms with van der Waals surface area (Å²) in [4.78, 5) is 32.2. The Morgan fingerprint density at radius 1 is 1.10 bits per heavy atom. The molecule has 0 radical (unpaired) electrons. The molecule has 0 bridgehead atoms. The highest BCUT2D eigenvalue weighted by Gasteiger charge is 2.27.